The molecule has 1 aliphatic rings. The van der Waals surface area contributed by atoms with E-state index in [1.165, 1.54) is 0 Å². The van der Waals surface area contributed by atoms with Crippen LogP contribution in [0.25, 0.3) is 0 Å². The van der Waals surface area contributed by atoms with Gasteiger partial charge in [-0.2, -0.15) is 5.10 Å². The molecule has 1 aliphatic heterocycles. The van der Waals surface area contributed by atoms with Crippen LogP contribution in [0.2, 0.25) is 5.02 Å². The number of pyridine rings is 1. The Bertz CT molecular complexity index is 1030. The van der Waals surface area contributed by atoms with Gasteiger partial charge in [-0.15, -0.1) is 0 Å². The molecule has 4 rings (SSSR count). The lowest BCUT2D eigenvalue weighted by Crippen LogP contribution is -2.19. The van der Waals surface area contributed by atoms with E-state index in [0.717, 1.165) is 37.3 Å². The Morgan fingerprint density at radius 3 is 2.87 bits per heavy atom. The highest BCUT2D eigenvalue weighted by Gasteiger charge is 2.16. The van der Waals surface area contributed by atoms with Gasteiger partial charge in [-0.25, -0.2) is 4.98 Å². The number of amides is 1. The molecular formula is C21H23ClN6O2. The lowest BCUT2D eigenvalue weighted by molar-refractivity contribution is 0.0662. The molecule has 30 heavy (non-hydrogen) atoms. The lowest BCUT2D eigenvalue weighted by atomic mass is 10.1. The summed E-state index contributed by atoms with van der Waals surface area (Å²) in [6.45, 7) is 1.93. The molecule has 0 spiro atoms. The summed E-state index contributed by atoms with van der Waals surface area (Å²) in [5.41, 5.74) is 8.28. The second kappa shape index (κ2) is 9.15. The van der Waals surface area contributed by atoms with Gasteiger partial charge in [0, 0.05) is 37.6 Å². The maximum Gasteiger partial charge on any atom is 0.249 e. The summed E-state index contributed by atoms with van der Waals surface area (Å²) in [6.07, 6.45) is 7.25. The van der Waals surface area contributed by atoms with Gasteiger partial charge in [-0.05, 0) is 24.5 Å². The summed E-state index contributed by atoms with van der Waals surface area (Å²) in [6, 6.07) is 9.38. The number of nitrogens with one attached hydrogen (secondary N) is 2. The number of halogens is 1. The van der Waals surface area contributed by atoms with Crippen LogP contribution in [0, 0.1) is 0 Å². The number of hydrogen-bond acceptors (Lipinski definition) is 6. The molecular weight excluding hydrogens is 404 g/mol. The monoisotopic (exact) mass is 426 g/mol. The Morgan fingerprint density at radius 2 is 2.07 bits per heavy atom. The summed E-state index contributed by atoms with van der Waals surface area (Å²) in [5, 5.41) is 11.5. The van der Waals surface area contributed by atoms with E-state index in [0.29, 0.717) is 34.7 Å². The number of benzene rings is 1. The Morgan fingerprint density at radius 1 is 1.27 bits per heavy atom. The average Bonchev–Trinajstić information content (AvgIpc) is 3.23. The van der Waals surface area contributed by atoms with Crippen molar-refractivity contribution in [3.63, 3.8) is 0 Å². The van der Waals surface area contributed by atoms with Crippen molar-refractivity contribution in [1.82, 2.24) is 14.8 Å². The van der Waals surface area contributed by atoms with E-state index in [1.807, 2.05) is 29.1 Å². The van der Waals surface area contributed by atoms with Crippen molar-refractivity contribution in [3.8, 4) is 0 Å². The van der Waals surface area contributed by atoms with Gasteiger partial charge in [0.1, 0.15) is 5.82 Å². The number of hydrogen-bond donors (Lipinski definition) is 3. The van der Waals surface area contributed by atoms with Gasteiger partial charge in [0.05, 0.1) is 34.8 Å². The molecule has 0 radical (unpaired) electrons. The van der Waals surface area contributed by atoms with Gasteiger partial charge >= 0.3 is 0 Å². The molecule has 0 unspecified atom stereocenters. The van der Waals surface area contributed by atoms with Crippen molar-refractivity contribution in [2.45, 2.75) is 25.4 Å². The molecule has 2 aromatic heterocycles. The van der Waals surface area contributed by atoms with Gasteiger partial charge in [0.2, 0.25) is 5.91 Å². The molecule has 3 aromatic rings. The number of aromatic nitrogens is 3. The van der Waals surface area contributed by atoms with E-state index in [-0.39, 0.29) is 0 Å². The summed E-state index contributed by atoms with van der Waals surface area (Å²) in [5.74, 6) is 0.175. The molecule has 8 nitrogen and oxygen atoms in total. The molecule has 0 atom stereocenters. The van der Waals surface area contributed by atoms with Crippen LogP contribution >= 0.6 is 11.6 Å². The fourth-order valence-electron chi connectivity index (χ4n) is 3.45. The molecule has 0 bridgehead atoms. The minimum atomic E-state index is -0.461. The van der Waals surface area contributed by atoms with E-state index in [1.54, 1.807) is 24.5 Å². The zero-order valence-electron chi connectivity index (χ0n) is 16.3. The van der Waals surface area contributed by atoms with Gasteiger partial charge in [-0.1, -0.05) is 29.8 Å². The van der Waals surface area contributed by atoms with Gasteiger partial charge in [0.15, 0.2) is 0 Å². The number of nitrogens with zero attached hydrogens (tertiary/aromatic N) is 3. The number of primary amides is 1. The molecule has 4 N–H and O–H groups in total. The van der Waals surface area contributed by atoms with Crippen molar-refractivity contribution in [3.05, 3.63) is 65.1 Å². The van der Waals surface area contributed by atoms with Crippen LogP contribution in [0.4, 0.5) is 17.2 Å². The normalized spacial score (nSPS) is 14.4. The fraction of sp³-hybridized carbons (Fsp3) is 0.286. The molecule has 156 valence electrons. The molecule has 1 saturated heterocycles. The van der Waals surface area contributed by atoms with Crippen LogP contribution in [0.3, 0.4) is 0 Å². The average molecular weight is 427 g/mol. The second-order valence-corrected chi connectivity index (χ2v) is 7.51. The minimum absolute atomic E-state index is 0.357. The van der Waals surface area contributed by atoms with E-state index in [4.69, 9.17) is 22.1 Å². The third-order valence-corrected chi connectivity index (χ3v) is 5.35. The van der Waals surface area contributed by atoms with Crippen LogP contribution in [-0.4, -0.2) is 33.9 Å². The van der Waals surface area contributed by atoms with Crippen LogP contribution in [0.5, 0.6) is 0 Å². The highest BCUT2D eigenvalue weighted by atomic mass is 35.5. The lowest BCUT2D eigenvalue weighted by Gasteiger charge is -2.22. The zero-order chi connectivity index (χ0) is 20.9. The molecule has 1 aromatic carbocycles. The van der Waals surface area contributed by atoms with Crippen LogP contribution in [0.1, 0.15) is 34.8 Å². The largest absolute Gasteiger partial charge is 0.381 e. The van der Waals surface area contributed by atoms with E-state index < -0.39 is 5.91 Å². The van der Waals surface area contributed by atoms with Crippen molar-refractivity contribution >= 4 is 34.7 Å². The third-order valence-electron chi connectivity index (χ3n) is 5.05. The number of anilines is 3. The van der Waals surface area contributed by atoms with E-state index in [9.17, 15) is 4.79 Å². The summed E-state index contributed by atoms with van der Waals surface area (Å²) >= 11 is 6.30. The summed E-state index contributed by atoms with van der Waals surface area (Å²) in [7, 11) is 0. The van der Waals surface area contributed by atoms with Gasteiger partial charge in [-0.3, -0.25) is 9.48 Å². The van der Waals surface area contributed by atoms with Crippen LogP contribution in [-0.2, 0) is 11.3 Å². The maximum atomic E-state index is 11.6. The Labute approximate surface area is 179 Å². The van der Waals surface area contributed by atoms with Crippen molar-refractivity contribution in [1.29, 1.82) is 0 Å². The SMILES string of the molecule is NC(=O)c1ccccc1CNc1cc(Nc2cnn(C3CCOCC3)c2)ncc1Cl. The van der Waals surface area contributed by atoms with E-state index in [2.05, 4.69) is 20.7 Å². The quantitative estimate of drug-likeness (QED) is 0.531. The molecule has 0 aliphatic carbocycles. The maximum absolute atomic E-state index is 11.6. The second-order valence-electron chi connectivity index (χ2n) is 7.10. The Hall–Kier alpha value is -3.10. The summed E-state index contributed by atoms with van der Waals surface area (Å²) < 4.78 is 7.38. The number of nitrogens with two attached hydrogens (primary N) is 1. The van der Waals surface area contributed by atoms with Crippen LogP contribution < -0.4 is 16.4 Å². The van der Waals surface area contributed by atoms with Crippen molar-refractivity contribution in [2.24, 2.45) is 5.73 Å². The first-order valence-corrected chi connectivity index (χ1v) is 10.1. The summed E-state index contributed by atoms with van der Waals surface area (Å²) in [4.78, 5) is 15.9. The number of carbonyl (C=O) groups excluding carboxylic acids is 1. The van der Waals surface area contributed by atoms with Crippen molar-refractivity contribution < 1.29 is 9.53 Å². The van der Waals surface area contributed by atoms with E-state index >= 15 is 0 Å². The molecule has 1 amide bonds. The third kappa shape index (κ3) is 4.72. The number of rotatable bonds is 7. The Balaban J connectivity index is 1.45. The molecule has 0 saturated carbocycles. The minimum Gasteiger partial charge on any atom is -0.381 e. The Kier molecular flexibility index (Phi) is 6.15. The number of ether oxygens (including phenoxy) is 1. The first-order chi connectivity index (χ1) is 14.6. The first kappa shape index (κ1) is 20.2. The fourth-order valence-corrected chi connectivity index (χ4v) is 3.62. The standard InChI is InChI=1S/C21H23ClN6O2/c22-18-12-25-20(27-15-11-26-28(13-15)16-5-7-30-8-6-16)9-19(18)24-10-14-3-1-2-4-17(14)21(23)29/h1-4,9,11-13,16H,5-8,10H2,(H2,23,29)(H2,24,25,27). The highest BCUT2D eigenvalue weighted by molar-refractivity contribution is 6.33. The highest BCUT2D eigenvalue weighted by Crippen LogP contribution is 2.27. The predicted octanol–water partition coefficient (Wildman–Crippen LogP) is 3.74. The van der Waals surface area contributed by atoms with Gasteiger partial charge < -0.3 is 21.1 Å². The first-order valence-electron chi connectivity index (χ1n) is 9.76. The number of carbonyl (C=O) groups is 1. The van der Waals surface area contributed by atoms with Gasteiger partial charge in [0.25, 0.3) is 0 Å². The topological polar surface area (TPSA) is 107 Å². The molecule has 1 fully saturated rings. The predicted molar refractivity (Wildman–Crippen MR) is 116 cm³/mol. The molecule has 9 heteroatoms. The smallest absolute Gasteiger partial charge is 0.249 e. The molecule has 3 heterocycles. The van der Waals surface area contributed by atoms with Crippen molar-refractivity contribution in [2.75, 3.05) is 23.8 Å². The zero-order valence-corrected chi connectivity index (χ0v) is 17.1. The van der Waals surface area contributed by atoms with Crippen LogP contribution in [0.15, 0.2) is 48.9 Å².